The van der Waals surface area contributed by atoms with Crippen molar-refractivity contribution < 1.29 is 8.42 Å². The molecule has 0 spiro atoms. The van der Waals surface area contributed by atoms with E-state index in [0.29, 0.717) is 10.7 Å². The molecule has 0 fully saturated rings. The number of nitrogens with zero attached hydrogens (tertiary/aromatic N) is 1. The quantitative estimate of drug-likeness (QED) is 0.784. The van der Waals surface area contributed by atoms with Gasteiger partial charge in [0.25, 0.3) is 0 Å². The van der Waals surface area contributed by atoms with E-state index < -0.39 is 10.0 Å². The molecule has 1 aromatic carbocycles. The molecule has 0 radical (unpaired) electrons. The van der Waals surface area contributed by atoms with Gasteiger partial charge in [-0.3, -0.25) is 4.31 Å². The third-order valence-corrected chi connectivity index (χ3v) is 3.43. The lowest BCUT2D eigenvalue weighted by Gasteiger charge is -2.18. The highest BCUT2D eigenvalue weighted by atomic mass is 35.5. The molecule has 0 bridgehead atoms. The molecule has 1 rings (SSSR count). The predicted octanol–water partition coefficient (Wildman–Crippen LogP) is 2.04. The van der Waals surface area contributed by atoms with E-state index in [9.17, 15) is 8.42 Å². The number of halogens is 1. The van der Waals surface area contributed by atoms with E-state index in [-0.39, 0.29) is 0 Å². The summed E-state index contributed by atoms with van der Waals surface area (Å²) >= 11 is 5.79. The minimum atomic E-state index is -3.22. The molecular weight excluding hydrogens is 222 g/mol. The molecule has 5 heteroatoms. The summed E-state index contributed by atoms with van der Waals surface area (Å²) in [6, 6.07) is 5.16. The van der Waals surface area contributed by atoms with Crippen LogP contribution in [0.15, 0.2) is 18.2 Å². The van der Waals surface area contributed by atoms with Crippen LogP contribution in [-0.4, -0.2) is 21.7 Å². The molecule has 0 unspecified atom stereocenters. The fraction of sp³-hybridized carbons (Fsp3) is 0.333. The number of sulfonamides is 1. The lowest BCUT2D eigenvalue weighted by Crippen LogP contribution is -2.25. The molecule has 0 heterocycles. The van der Waals surface area contributed by atoms with Gasteiger partial charge in [-0.15, -0.1) is 0 Å². The SMILES string of the molecule is Cc1ccc(Cl)cc1N(C)S(C)(=O)=O. The summed E-state index contributed by atoms with van der Waals surface area (Å²) in [4.78, 5) is 0. The second-order valence-electron chi connectivity index (χ2n) is 3.16. The molecule has 0 N–H and O–H groups in total. The number of benzene rings is 1. The zero-order valence-electron chi connectivity index (χ0n) is 8.28. The van der Waals surface area contributed by atoms with Crippen molar-refractivity contribution in [1.82, 2.24) is 0 Å². The van der Waals surface area contributed by atoms with Crippen LogP contribution in [0.3, 0.4) is 0 Å². The maximum absolute atomic E-state index is 11.3. The number of anilines is 1. The molecule has 0 saturated heterocycles. The van der Waals surface area contributed by atoms with Gasteiger partial charge in [0.1, 0.15) is 0 Å². The topological polar surface area (TPSA) is 37.4 Å². The standard InChI is InChI=1S/C9H12ClNO2S/c1-7-4-5-8(10)6-9(7)11(2)14(3,12)13/h4-6H,1-3H3. The summed E-state index contributed by atoms with van der Waals surface area (Å²) in [7, 11) is -1.71. The van der Waals surface area contributed by atoms with Crippen LogP contribution in [0.25, 0.3) is 0 Å². The number of aryl methyl sites for hydroxylation is 1. The Morgan fingerprint density at radius 3 is 2.43 bits per heavy atom. The van der Waals surface area contributed by atoms with E-state index in [1.807, 2.05) is 6.92 Å². The van der Waals surface area contributed by atoms with Crippen LogP contribution in [0.4, 0.5) is 5.69 Å². The first-order valence-electron chi connectivity index (χ1n) is 4.02. The fourth-order valence-corrected chi connectivity index (χ4v) is 1.82. The van der Waals surface area contributed by atoms with Crippen LogP contribution >= 0.6 is 11.6 Å². The van der Waals surface area contributed by atoms with Crippen LogP contribution in [0, 0.1) is 6.92 Å². The van der Waals surface area contributed by atoms with E-state index in [2.05, 4.69) is 0 Å². The van der Waals surface area contributed by atoms with Gasteiger partial charge in [-0.2, -0.15) is 0 Å². The van der Waals surface area contributed by atoms with Crippen LogP contribution in [0.2, 0.25) is 5.02 Å². The average Bonchev–Trinajstić information content (AvgIpc) is 2.06. The van der Waals surface area contributed by atoms with Crippen molar-refractivity contribution in [3.05, 3.63) is 28.8 Å². The first-order chi connectivity index (χ1) is 6.32. The van der Waals surface area contributed by atoms with Crippen molar-refractivity contribution >= 4 is 27.3 Å². The Balaban J connectivity index is 3.26. The number of rotatable bonds is 2. The summed E-state index contributed by atoms with van der Waals surface area (Å²) in [5.41, 5.74) is 1.49. The summed E-state index contributed by atoms with van der Waals surface area (Å²) in [5.74, 6) is 0. The third-order valence-electron chi connectivity index (χ3n) is 2.01. The monoisotopic (exact) mass is 233 g/mol. The lowest BCUT2D eigenvalue weighted by atomic mass is 10.2. The maximum Gasteiger partial charge on any atom is 0.232 e. The first kappa shape index (κ1) is 11.3. The van der Waals surface area contributed by atoms with E-state index in [1.165, 1.54) is 11.4 Å². The highest BCUT2D eigenvalue weighted by Gasteiger charge is 2.13. The molecule has 0 atom stereocenters. The van der Waals surface area contributed by atoms with E-state index in [0.717, 1.165) is 11.8 Å². The molecule has 0 aliphatic rings. The van der Waals surface area contributed by atoms with Gasteiger partial charge < -0.3 is 0 Å². The van der Waals surface area contributed by atoms with E-state index in [1.54, 1.807) is 18.2 Å². The Morgan fingerprint density at radius 1 is 1.36 bits per heavy atom. The zero-order valence-corrected chi connectivity index (χ0v) is 9.85. The molecule has 14 heavy (non-hydrogen) atoms. The van der Waals surface area contributed by atoms with Gasteiger partial charge in [0.15, 0.2) is 0 Å². The Labute approximate surface area is 89.4 Å². The lowest BCUT2D eigenvalue weighted by molar-refractivity contribution is 0.600. The largest absolute Gasteiger partial charge is 0.273 e. The second kappa shape index (κ2) is 3.79. The van der Waals surface area contributed by atoms with Crippen molar-refractivity contribution in [3.8, 4) is 0 Å². The Morgan fingerprint density at radius 2 is 1.93 bits per heavy atom. The van der Waals surface area contributed by atoms with Crippen molar-refractivity contribution in [2.75, 3.05) is 17.6 Å². The normalized spacial score (nSPS) is 11.4. The molecule has 3 nitrogen and oxygen atoms in total. The van der Waals surface area contributed by atoms with Gasteiger partial charge >= 0.3 is 0 Å². The molecule has 0 aliphatic heterocycles. The Bertz CT molecular complexity index is 442. The zero-order chi connectivity index (χ0) is 10.9. The van der Waals surface area contributed by atoms with E-state index in [4.69, 9.17) is 11.6 Å². The smallest absolute Gasteiger partial charge is 0.232 e. The van der Waals surface area contributed by atoms with Gasteiger partial charge in [-0.25, -0.2) is 8.42 Å². The minimum Gasteiger partial charge on any atom is -0.273 e. The molecular formula is C9H12ClNO2S. The molecule has 0 aliphatic carbocycles. The average molecular weight is 234 g/mol. The first-order valence-corrected chi connectivity index (χ1v) is 6.25. The van der Waals surface area contributed by atoms with Crippen molar-refractivity contribution in [1.29, 1.82) is 0 Å². The summed E-state index contributed by atoms with van der Waals surface area (Å²) < 4.78 is 23.8. The van der Waals surface area contributed by atoms with Crippen LogP contribution in [0.1, 0.15) is 5.56 Å². The summed E-state index contributed by atoms with van der Waals surface area (Å²) in [5, 5.41) is 0.529. The van der Waals surface area contributed by atoms with Crippen molar-refractivity contribution in [2.24, 2.45) is 0 Å². The van der Waals surface area contributed by atoms with Gasteiger partial charge in [-0.1, -0.05) is 17.7 Å². The van der Waals surface area contributed by atoms with Crippen LogP contribution < -0.4 is 4.31 Å². The van der Waals surface area contributed by atoms with Crippen LogP contribution in [0.5, 0.6) is 0 Å². The molecule has 78 valence electrons. The van der Waals surface area contributed by atoms with Gasteiger partial charge in [0.05, 0.1) is 11.9 Å². The van der Waals surface area contributed by atoms with Crippen LogP contribution in [-0.2, 0) is 10.0 Å². The Hall–Kier alpha value is -0.740. The van der Waals surface area contributed by atoms with Crippen molar-refractivity contribution in [3.63, 3.8) is 0 Å². The highest BCUT2D eigenvalue weighted by molar-refractivity contribution is 7.92. The predicted molar refractivity (Wildman–Crippen MR) is 59.4 cm³/mol. The fourth-order valence-electron chi connectivity index (χ4n) is 1.10. The number of hydrogen-bond acceptors (Lipinski definition) is 2. The molecule has 0 amide bonds. The maximum atomic E-state index is 11.3. The number of hydrogen-bond donors (Lipinski definition) is 0. The molecule has 0 saturated carbocycles. The van der Waals surface area contributed by atoms with Crippen molar-refractivity contribution in [2.45, 2.75) is 6.92 Å². The minimum absolute atomic E-state index is 0.529. The van der Waals surface area contributed by atoms with Gasteiger partial charge in [0.2, 0.25) is 10.0 Å². The summed E-state index contributed by atoms with van der Waals surface area (Å²) in [6.45, 7) is 1.84. The molecule has 1 aromatic rings. The third kappa shape index (κ3) is 2.39. The second-order valence-corrected chi connectivity index (χ2v) is 5.61. The summed E-state index contributed by atoms with van der Waals surface area (Å²) in [6.07, 6.45) is 1.16. The Kier molecular flexibility index (Phi) is 3.07. The molecule has 0 aromatic heterocycles. The van der Waals surface area contributed by atoms with Gasteiger partial charge in [-0.05, 0) is 24.6 Å². The highest BCUT2D eigenvalue weighted by Crippen LogP contribution is 2.24. The van der Waals surface area contributed by atoms with Gasteiger partial charge in [0, 0.05) is 12.1 Å². The van der Waals surface area contributed by atoms with E-state index >= 15 is 0 Å².